The van der Waals surface area contributed by atoms with Crippen molar-refractivity contribution in [2.75, 3.05) is 20.1 Å². The molecule has 19 heavy (non-hydrogen) atoms. The fraction of sp³-hybridized carbons (Fsp3) is 0.429. The zero-order valence-corrected chi connectivity index (χ0v) is 10.8. The van der Waals surface area contributed by atoms with E-state index in [0.717, 1.165) is 24.2 Å². The molecule has 5 heteroatoms. The van der Waals surface area contributed by atoms with Gasteiger partial charge in [0.2, 0.25) is 0 Å². The van der Waals surface area contributed by atoms with Crippen LogP contribution in [0.4, 0.5) is 4.39 Å². The fourth-order valence-electron chi connectivity index (χ4n) is 2.92. The normalized spacial score (nSPS) is 26.3. The standard InChI is InChI=1S/C14H16FN3O/c1-18-13(19)14(9-16-7-6-12(14)17-18)8-10-2-4-11(15)5-3-10/h2-5,16H,6-9H2,1H3/t14-/m1/s1. The van der Waals surface area contributed by atoms with Crippen LogP contribution in [0.2, 0.25) is 0 Å². The largest absolute Gasteiger partial charge is 0.315 e. The Balaban J connectivity index is 1.93. The maximum atomic E-state index is 13.0. The number of nitrogens with one attached hydrogen (secondary N) is 1. The molecule has 1 fully saturated rings. The summed E-state index contributed by atoms with van der Waals surface area (Å²) in [4.78, 5) is 12.4. The molecule has 0 aromatic heterocycles. The minimum atomic E-state index is -0.579. The van der Waals surface area contributed by atoms with E-state index in [2.05, 4.69) is 10.4 Å². The van der Waals surface area contributed by atoms with Crippen LogP contribution in [0.5, 0.6) is 0 Å². The molecule has 2 aliphatic heterocycles. The van der Waals surface area contributed by atoms with Crippen molar-refractivity contribution in [1.29, 1.82) is 0 Å². The SMILES string of the molecule is CN1N=C2CCNC[C@@]2(Cc2ccc(F)cc2)C1=O. The maximum Gasteiger partial charge on any atom is 0.256 e. The lowest BCUT2D eigenvalue weighted by Crippen LogP contribution is -2.52. The first kappa shape index (κ1) is 12.3. The average Bonchev–Trinajstić information content (AvgIpc) is 2.66. The predicted octanol–water partition coefficient (Wildman–Crippen LogP) is 1.18. The van der Waals surface area contributed by atoms with Crippen molar-refractivity contribution >= 4 is 11.6 Å². The Morgan fingerprint density at radius 3 is 2.89 bits per heavy atom. The second kappa shape index (κ2) is 4.42. The van der Waals surface area contributed by atoms with Gasteiger partial charge in [-0.1, -0.05) is 12.1 Å². The van der Waals surface area contributed by atoms with E-state index in [4.69, 9.17) is 0 Å². The number of benzene rings is 1. The van der Waals surface area contributed by atoms with E-state index in [-0.39, 0.29) is 11.7 Å². The van der Waals surface area contributed by atoms with E-state index in [0.29, 0.717) is 13.0 Å². The Morgan fingerprint density at radius 1 is 1.42 bits per heavy atom. The van der Waals surface area contributed by atoms with Crippen LogP contribution >= 0.6 is 0 Å². The molecular weight excluding hydrogens is 245 g/mol. The first-order chi connectivity index (χ1) is 9.12. The Hall–Kier alpha value is -1.75. The minimum absolute atomic E-state index is 0.0269. The highest BCUT2D eigenvalue weighted by Crippen LogP contribution is 2.35. The Morgan fingerprint density at radius 2 is 2.16 bits per heavy atom. The predicted molar refractivity (Wildman–Crippen MR) is 70.2 cm³/mol. The highest BCUT2D eigenvalue weighted by atomic mass is 19.1. The van der Waals surface area contributed by atoms with Crippen molar-refractivity contribution in [2.45, 2.75) is 12.8 Å². The molecule has 100 valence electrons. The van der Waals surface area contributed by atoms with Crippen molar-refractivity contribution in [3.8, 4) is 0 Å². The molecule has 3 rings (SSSR count). The Bertz CT molecular complexity index is 540. The van der Waals surface area contributed by atoms with E-state index >= 15 is 0 Å². The van der Waals surface area contributed by atoms with Gasteiger partial charge < -0.3 is 5.32 Å². The topological polar surface area (TPSA) is 44.7 Å². The summed E-state index contributed by atoms with van der Waals surface area (Å²) in [6, 6.07) is 6.34. The summed E-state index contributed by atoms with van der Waals surface area (Å²) < 4.78 is 13.0. The van der Waals surface area contributed by atoms with E-state index in [1.54, 1.807) is 19.2 Å². The van der Waals surface area contributed by atoms with Crippen molar-refractivity contribution in [1.82, 2.24) is 10.3 Å². The summed E-state index contributed by atoms with van der Waals surface area (Å²) in [6.45, 7) is 1.46. The van der Waals surface area contributed by atoms with Crippen LogP contribution in [0.1, 0.15) is 12.0 Å². The number of amides is 1. The van der Waals surface area contributed by atoms with E-state index in [1.165, 1.54) is 17.1 Å². The molecule has 1 amide bonds. The second-order valence-electron chi connectivity index (χ2n) is 5.19. The van der Waals surface area contributed by atoms with Crippen molar-refractivity contribution in [3.05, 3.63) is 35.6 Å². The van der Waals surface area contributed by atoms with Crippen LogP contribution in [-0.4, -0.2) is 36.8 Å². The third-order valence-electron chi connectivity index (χ3n) is 3.91. The number of fused-ring (bicyclic) bond motifs is 1. The molecule has 0 aliphatic carbocycles. The lowest BCUT2D eigenvalue weighted by molar-refractivity contribution is -0.134. The van der Waals surface area contributed by atoms with Gasteiger partial charge in [0, 0.05) is 26.6 Å². The highest BCUT2D eigenvalue weighted by molar-refractivity contribution is 6.13. The molecule has 0 bridgehead atoms. The van der Waals surface area contributed by atoms with Gasteiger partial charge in [0.1, 0.15) is 11.2 Å². The van der Waals surface area contributed by atoms with Crippen LogP contribution < -0.4 is 5.32 Å². The first-order valence-corrected chi connectivity index (χ1v) is 6.43. The molecular formula is C14H16FN3O. The minimum Gasteiger partial charge on any atom is -0.315 e. The van der Waals surface area contributed by atoms with Crippen molar-refractivity contribution in [2.24, 2.45) is 10.5 Å². The number of piperidine rings is 1. The number of halogens is 1. The van der Waals surface area contributed by atoms with Crippen LogP contribution in [0.15, 0.2) is 29.4 Å². The van der Waals surface area contributed by atoms with Gasteiger partial charge in [0.05, 0.1) is 5.71 Å². The second-order valence-corrected chi connectivity index (χ2v) is 5.19. The molecule has 1 N–H and O–H groups in total. The average molecular weight is 261 g/mol. The molecule has 0 spiro atoms. The van der Waals surface area contributed by atoms with Crippen LogP contribution in [0.25, 0.3) is 0 Å². The lowest BCUT2D eigenvalue weighted by Gasteiger charge is -2.33. The first-order valence-electron chi connectivity index (χ1n) is 6.43. The molecule has 1 saturated heterocycles. The quantitative estimate of drug-likeness (QED) is 0.868. The van der Waals surface area contributed by atoms with Crippen LogP contribution in [-0.2, 0) is 11.2 Å². The number of hydrogen-bond donors (Lipinski definition) is 1. The number of hydrogen-bond acceptors (Lipinski definition) is 3. The van der Waals surface area contributed by atoms with E-state index < -0.39 is 5.41 Å². The van der Waals surface area contributed by atoms with Crippen molar-refractivity contribution < 1.29 is 9.18 Å². The van der Waals surface area contributed by atoms with Gasteiger partial charge >= 0.3 is 0 Å². The zero-order valence-electron chi connectivity index (χ0n) is 10.8. The lowest BCUT2D eigenvalue weighted by atomic mass is 9.74. The van der Waals surface area contributed by atoms with Gasteiger partial charge in [-0.05, 0) is 24.1 Å². The summed E-state index contributed by atoms with van der Waals surface area (Å²) in [5.41, 5.74) is 1.33. The van der Waals surface area contributed by atoms with Gasteiger partial charge in [0.15, 0.2) is 0 Å². The number of rotatable bonds is 2. The fourth-order valence-corrected chi connectivity index (χ4v) is 2.92. The summed E-state index contributed by atoms with van der Waals surface area (Å²) in [7, 11) is 1.69. The van der Waals surface area contributed by atoms with Gasteiger partial charge in [-0.3, -0.25) is 4.79 Å². The van der Waals surface area contributed by atoms with Gasteiger partial charge in [-0.15, -0.1) is 0 Å². The number of carbonyl (C=O) groups is 1. The third kappa shape index (κ3) is 1.94. The van der Waals surface area contributed by atoms with Crippen LogP contribution in [0.3, 0.4) is 0 Å². The summed E-state index contributed by atoms with van der Waals surface area (Å²) in [5.74, 6) is -0.231. The molecule has 0 radical (unpaired) electrons. The third-order valence-corrected chi connectivity index (χ3v) is 3.91. The molecule has 0 unspecified atom stereocenters. The monoisotopic (exact) mass is 261 g/mol. The molecule has 1 aromatic rings. The van der Waals surface area contributed by atoms with E-state index in [9.17, 15) is 9.18 Å². The van der Waals surface area contributed by atoms with Crippen LogP contribution in [0, 0.1) is 11.2 Å². The molecule has 2 aliphatic rings. The Labute approximate surface area is 111 Å². The number of hydrazone groups is 1. The van der Waals surface area contributed by atoms with Gasteiger partial charge in [0.25, 0.3) is 5.91 Å². The number of carbonyl (C=O) groups excluding carboxylic acids is 1. The van der Waals surface area contributed by atoms with Gasteiger partial charge in [-0.25, -0.2) is 9.40 Å². The number of nitrogens with zero attached hydrogens (tertiary/aromatic N) is 2. The molecule has 1 atom stereocenters. The molecule has 2 heterocycles. The Kier molecular flexibility index (Phi) is 2.86. The summed E-state index contributed by atoms with van der Waals surface area (Å²) in [5, 5.41) is 9.08. The molecule has 4 nitrogen and oxygen atoms in total. The van der Waals surface area contributed by atoms with E-state index in [1.807, 2.05) is 0 Å². The molecule has 0 saturated carbocycles. The van der Waals surface area contributed by atoms with Gasteiger partial charge in [-0.2, -0.15) is 5.10 Å². The summed E-state index contributed by atoms with van der Waals surface area (Å²) >= 11 is 0. The maximum absolute atomic E-state index is 13.0. The highest BCUT2D eigenvalue weighted by Gasteiger charge is 2.50. The zero-order chi connectivity index (χ0) is 13.5. The van der Waals surface area contributed by atoms with Crippen molar-refractivity contribution in [3.63, 3.8) is 0 Å². The smallest absolute Gasteiger partial charge is 0.256 e. The molecule has 1 aromatic carbocycles. The summed E-state index contributed by atoms with van der Waals surface area (Å²) in [6.07, 6.45) is 1.36.